The molecule has 8 heteroatoms. The summed E-state index contributed by atoms with van der Waals surface area (Å²) in [4.78, 5) is 10.2. The molecule has 0 bridgehead atoms. The number of anilines is 1. The molecule has 1 rings (SSSR count). The molecule has 0 aliphatic heterocycles. The molecule has 1 atom stereocenters. The molecule has 0 radical (unpaired) electrons. The fourth-order valence-corrected chi connectivity index (χ4v) is 1.61. The van der Waals surface area contributed by atoms with Gasteiger partial charge in [-0.2, -0.15) is 0 Å². The van der Waals surface area contributed by atoms with E-state index < -0.39 is 10.7 Å². The Bertz CT molecular complexity index is 459. The van der Waals surface area contributed by atoms with Crippen molar-refractivity contribution in [1.82, 2.24) is 0 Å². The van der Waals surface area contributed by atoms with Gasteiger partial charge in [-0.1, -0.05) is 11.6 Å². The molecule has 0 saturated heterocycles. The van der Waals surface area contributed by atoms with Crippen molar-refractivity contribution in [3.63, 3.8) is 0 Å². The van der Waals surface area contributed by atoms with E-state index >= 15 is 0 Å². The maximum absolute atomic E-state index is 13.3. The second-order valence-electron chi connectivity index (χ2n) is 3.73. The number of nitro groups is 1. The van der Waals surface area contributed by atoms with Gasteiger partial charge in [-0.25, -0.2) is 4.39 Å². The zero-order chi connectivity index (χ0) is 14.4. The molecule has 1 aromatic rings. The molecule has 0 aromatic heterocycles. The van der Waals surface area contributed by atoms with Crippen LogP contribution >= 0.6 is 11.6 Å². The van der Waals surface area contributed by atoms with Crippen molar-refractivity contribution in [1.29, 1.82) is 0 Å². The monoisotopic (exact) mass is 292 g/mol. The quantitative estimate of drug-likeness (QED) is 0.617. The summed E-state index contributed by atoms with van der Waals surface area (Å²) >= 11 is 5.52. The van der Waals surface area contributed by atoms with Gasteiger partial charge in [0.15, 0.2) is 0 Å². The molecule has 1 aromatic carbocycles. The number of hydrogen-bond donors (Lipinski definition) is 1. The fourth-order valence-electron chi connectivity index (χ4n) is 1.45. The molecule has 0 spiro atoms. The van der Waals surface area contributed by atoms with Gasteiger partial charge in [-0.15, -0.1) is 0 Å². The Hall–Kier alpha value is -1.44. The third kappa shape index (κ3) is 4.30. The van der Waals surface area contributed by atoms with Crippen LogP contribution in [-0.4, -0.2) is 38.4 Å². The van der Waals surface area contributed by atoms with Gasteiger partial charge in [-0.05, 0) is 0 Å². The van der Waals surface area contributed by atoms with Crippen LogP contribution in [0.1, 0.15) is 0 Å². The van der Waals surface area contributed by atoms with Crippen LogP contribution in [0.25, 0.3) is 0 Å². The molecular weight excluding hydrogens is 279 g/mol. The molecule has 19 heavy (non-hydrogen) atoms. The van der Waals surface area contributed by atoms with Crippen molar-refractivity contribution in [2.75, 3.05) is 32.7 Å². The molecule has 0 aliphatic carbocycles. The largest absolute Gasteiger partial charge is 0.382 e. The lowest BCUT2D eigenvalue weighted by Gasteiger charge is -2.16. The lowest BCUT2D eigenvalue weighted by molar-refractivity contribution is -0.384. The van der Waals surface area contributed by atoms with Gasteiger partial charge < -0.3 is 14.8 Å². The minimum Gasteiger partial charge on any atom is -0.382 e. The predicted octanol–water partition coefficient (Wildman–Crippen LogP) is 2.46. The number of benzene rings is 1. The maximum atomic E-state index is 13.3. The van der Waals surface area contributed by atoms with Crippen LogP contribution in [0.15, 0.2) is 12.1 Å². The highest BCUT2D eigenvalue weighted by atomic mass is 35.5. The summed E-state index contributed by atoms with van der Waals surface area (Å²) in [5.41, 5.74) is -0.247. The van der Waals surface area contributed by atoms with Gasteiger partial charge in [0, 0.05) is 32.9 Å². The third-order valence-electron chi connectivity index (χ3n) is 2.44. The van der Waals surface area contributed by atoms with E-state index in [9.17, 15) is 14.5 Å². The summed E-state index contributed by atoms with van der Waals surface area (Å²) in [6.45, 7) is 0.555. The summed E-state index contributed by atoms with van der Waals surface area (Å²) in [7, 11) is 3.00. The Morgan fingerprint density at radius 1 is 1.53 bits per heavy atom. The van der Waals surface area contributed by atoms with Crippen molar-refractivity contribution in [3.8, 4) is 0 Å². The van der Waals surface area contributed by atoms with Gasteiger partial charge >= 0.3 is 0 Å². The van der Waals surface area contributed by atoms with Gasteiger partial charge in [0.2, 0.25) is 0 Å². The zero-order valence-corrected chi connectivity index (χ0v) is 11.2. The molecule has 0 fully saturated rings. The Morgan fingerprint density at radius 3 is 2.74 bits per heavy atom. The summed E-state index contributed by atoms with van der Waals surface area (Å²) < 4.78 is 23.3. The van der Waals surface area contributed by atoms with E-state index in [2.05, 4.69) is 5.32 Å². The second kappa shape index (κ2) is 7.22. The standard InChI is InChI=1S/C11H14ClFN2O4/c1-18-6-7(19-2)5-14-10-4-9(13)8(12)3-11(10)15(16)17/h3-4,7,14H,5-6H2,1-2H3. The average Bonchev–Trinajstić information content (AvgIpc) is 2.37. The van der Waals surface area contributed by atoms with Crippen LogP contribution in [0, 0.1) is 15.9 Å². The highest BCUT2D eigenvalue weighted by Gasteiger charge is 2.18. The Labute approximate surface area is 114 Å². The number of hydrogen-bond acceptors (Lipinski definition) is 5. The first-order valence-corrected chi connectivity index (χ1v) is 5.76. The van der Waals surface area contributed by atoms with Crippen LogP contribution in [-0.2, 0) is 9.47 Å². The van der Waals surface area contributed by atoms with E-state index in [1.165, 1.54) is 14.2 Å². The van der Waals surface area contributed by atoms with Crippen molar-refractivity contribution >= 4 is 23.0 Å². The van der Waals surface area contributed by atoms with E-state index in [0.717, 1.165) is 12.1 Å². The van der Waals surface area contributed by atoms with Crippen molar-refractivity contribution in [2.24, 2.45) is 0 Å². The van der Waals surface area contributed by atoms with Crippen LogP contribution in [0.2, 0.25) is 5.02 Å². The molecule has 1 unspecified atom stereocenters. The average molecular weight is 293 g/mol. The lowest BCUT2D eigenvalue weighted by atomic mass is 10.2. The third-order valence-corrected chi connectivity index (χ3v) is 2.73. The predicted molar refractivity (Wildman–Crippen MR) is 69.2 cm³/mol. The van der Waals surface area contributed by atoms with E-state index in [1.54, 1.807) is 0 Å². The summed E-state index contributed by atoms with van der Waals surface area (Å²) in [6, 6.07) is 1.96. The maximum Gasteiger partial charge on any atom is 0.294 e. The van der Waals surface area contributed by atoms with Crippen LogP contribution in [0.4, 0.5) is 15.8 Å². The molecule has 0 saturated carbocycles. The normalized spacial score (nSPS) is 12.2. The minimum atomic E-state index is -0.726. The SMILES string of the molecule is COCC(CNc1cc(F)c(Cl)cc1[N+](=O)[O-])OC. The summed E-state index contributed by atoms with van der Waals surface area (Å²) in [5.74, 6) is -0.726. The molecule has 0 heterocycles. The van der Waals surface area contributed by atoms with E-state index in [-0.39, 0.29) is 29.0 Å². The number of ether oxygens (including phenoxy) is 2. The number of methoxy groups -OCH3 is 2. The molecule has 0 amide bonds. The summed E-state index contributed by atoms with van der Waals surface area (Å²) in [5, 5.41) is 13.3. The van der Waals surface area contributed by atoms with Crippen LogP contribution in [0.3, 0.4) is 0 Å². The molecule has 6 nitrogen and oxygen atoms in total. The second-order valence-corrected chi connectivity index (χ2v) is 4.14. The van der Waals surface area contributed by atoms with Gasteiger partial charge in [0.25, 0.3) is 5.69 Å². The van der Waals surface area contributed by atoms with E-state index in [1.807, 2.05) is 0 Å². The topological polar surface area (TPSA) is 73.6 Å². The van der Waals surface area contributed by atoms with Crippen molar-refractivity contribution in [2.45, 2.75) is 6.10 Å². The Balaban J connectivity index is 2.87. The molecule has 106 valence electrons. The highest BCUT2D eigenvalue weighted by Crippen LogP contribution is 2.30. The lowest BCUT2D eigenvalue weighted by Crippen LogP contribution is -2.26. The van der Waals surface area contributed by atoms with Crippen LogP contribution in [0.5, 0.6) is 0 Å². The van der Waals surface area contributed by atoms with Crippen molar-refractivity contribution in [3.05, 3.63) is 33.1 Å². The smallest absolute Gasteiger partial charge is 0.294 e. The van der Waals surface area contributed by atoms with Crippen LogP contribution < -0.4 is 5.32 Å². The Kier molecular flexibility index (Phi) is 5.94. The molecule has 0 aliphatic rings. The zero-order valence-electron chi connectivity index (χ0n) is 10.5. The summed E-state index contributed by atoms with van der Waals surface area (Å²) in [6.07, 6.45) is -0.302. The van der Waals surface area contributed by atoms with Crippen molar-refractivity contribution < 1.29 is 18.8 Å². The number of nitro benzene ring substituents is 1. The number of nitrogens with zero attached hydrogens (tertiary/aromatic N) is 1. The highest BCUT2D eigenvalue weighted by molar-refractivity contribution is 6.31. The number of rotatable bonds is 7. The number of nitrogens with one attached hydrogen (secondary N) is 1. The Morgan fingerprint density at radius 2 is 2.21 bits per heavy atom. The van der Waals surface area contributed by atoms with E-state index in [0.29, 0.717) is 6.61 Å². The minimum absolute atomic E-state index is 0.0463. The first kappa shape index (κ1) is 15.6. The molecular formula is C11H14ClFN2O4. The number of halogens is 2. The first-order valence-electron chi connectivity index (χ1n) is 5.38. The van der Waals surface area contributed by atoms with Gasteiger partial charge in [0.1, 0.15) is 11.5 Å². The first-order chi connectivity index (χ1) is 8.99. The molecule has 1 N–H and O–H groups in total. The van der Waals surface area contributed by atoms with Gasteiger partial charge in [0.05, 0.1) is 22.7 Å². The van der Waals surface area contributed by atoms with Gasteiger partial charge in [-0.3, -0.25) is 10.1 Å². The van der Waals surface area contributed by atoms with E-state index in [4.69, 9.17) is 21.1 Å². The fraction of sp³-hybridized carbons (Fsp3) is 0.455.